The van der Waals surface area contributed by atoms with Crippen LogP contribution >= 0.6 is 0 Å². The fourth-order valence-corrected chi connectivity index (χ4v) is 1.74. The molecule has 0 fully saturated rings. The van der Waals surface area contributed by atoms with E-state index in [1.807, 2.05) is 32.9 Å². The SMILES string of the molecule is CCOc1cc([C@@H](C)N)c(C)cc1C(C)=O. The van der Waals surface area contributed by atoms with Crippen molar-refractivity contribution in [2.75, 3.05) is 6.61 Å². The topological polar surface area (TPSA) is 52.3 Å². The zero-order valence-electron chi connectivity index (χ0n) is 10.3. The van der Waals surface area contributed by atoms with Gasteiger partial charge in [-0.1, -0.05) is 0 Å². The molecule has 3 heteroatoms. The molecule has 1 rings (SSSR count). The summed E-state index contributed by atoms with van der Waals surface area (Å²) >= 11 is 0. The van der Waals surface area contributed by atoms with Gasteiger partial charge in [-0.25, -0.2) is 0 Å². The van der Waals surface area contributed by atoms with Crippen molar-refractivity contribution in [2.45, 2.75) is 33.7 Å². The molecule has 0 aromatic heterocycles. The molecular weight excluding hydrogens is 202 g/mol. The first-order chi connectivity index (χ1) is 7.47. The van der Waals surface area contributed by atoms with Crippen LogP contribution in [0, 0.1) is 6.92 Å². The average molecular weight is 221 g/mol. The smallest absolute Gasteiger partial charge is 0.163 e. The van der Waals surface area contributed by atoms with Gasteiger partial charge in [-0.2, -0.15) is 0 Å². The Kier molecular flexibility index (Phi) is 4.07. The molecular formula is C13H19NO2. The lowest BCUT2D eigenvalue weighted by atomic mass is 9.98. The monoisotopic (exact) mass is 221 g/mol. The van der Waals surface area contributed by atoms with Crippen LogP contribution in [-0.2, 0) is 0 Å². The van der Waals surface area contributed by atoms with E-state index in [4.69, 9.17) is 10.5 Å². The van der Waals surface area contributed by atoms with Gasteiger partial charge in [0, 0.05) is 6.04 Å². The highest BCUT2D eigenvalue weighted by Gasteiger charge is 2.13. The van der Waals surface area contributed by atoms with Gasteiger partial charge in [0.1, 0.15) is 5.75 Å². The Labute approximate surface area is 96.6 Å². The Balaban J connectivity index is 3.31. The van der Waals surface area contributed by atoms with Crippen molar-refractivity contribution in [3.63, 3.8) is 0 Å². The minimum atomic E-state index is -0.0554. The number of Topliss-reactive ketones (excluding diaryl/α,β-unsaturated/α-hetero) is 1. The second-order valence-corrected chi connectivity index (χ2v) is 3.98. The summed E-state index contributed by atoms with van der Waals surface area (Å²) < 4.78 is 5.47. The number of carbonyl (C=O) groups excluding carboxylic acids is 1. The van der Waals surface area contributed by atoms with Crippen LogP contribution in [-0.4, -0.2) is 12.4 Å². The molecule has 88 valence electrons. The number of hydrogen-bond acceptors (Lipinski definition) is 3. The van der Waals surface area contributed by atoms with Crippen LogP contribution < -0.4 is 10.5 Å². The van der Waals surface area contributed by atoms with E-state index in [0.29, 0.717) is 17.9 Å². The van der Waals surface area contributed by atoms with Crippen LogP contribution in [0.2, 0.25) is 0 Å². The number of benzene rings is 1. The highest BCUT2D eigenvalue weighted by Crippen LogP contribution is 2.27. The van der Waals surface area contributed by atoms with E-state index >= 15 is 0 Å². The van der Waals surface area contributed by atoms with Crippen molar-refractivity contribution in [1.82, 2.24) is 0 Å². The largest absolute Gasteiger partial charge is 0.493 e. The van der Waals surface area contributed by atoms with E-state index in [-0.39, 0.29) is 11.8 Å². The van der Waals surface area contributed by atoms with Gasteiger partial charge in [0.05, 0.1) is 12.2 Å². The first kappa shape index (κ1) is 12.7. The molecule has 0 saturated carbocycles. The first-order valence-electron chi connectivity index (χ1n) is 5.51. The van der Waals surface area contributed by atoms with Gasteiger partial charge in [0.15, 0.2) is 5.78 Å². The number of rotatable bonds is 4. The molecule has 0 spiro atoms. The Hall–Kier alpha value is -1.35. The summed E-state index contributed by atoms with van der Waals surface area (Å²) in [6, 6.07) is 3.67. The van der Waals surface area contributed by atoms with E-state index in [9.17, 15) is 4.79 Å². The minimum Gasteiger partial charge on any atom is -0.493 e. The molecule has 16 heavy (non-hydrogen) atoms. The summed E-state index contributed by atoms with van der Waals surface area (Å²) in [6.45, 7) is 7.87. The summed E-state index contributed by atoms with van der Waals surface area (Å²) in [7, 11) is 0. The molecule has 0 aliphatic carbocycles. The van der Waals surface area contributed by atoms with Crippen LogP contribution in [0.4, 0.5) is 0 Å². The highest BCUT2D eigenvalue weighted by atomic mass is 16.5. The van der Waals surface area contributed by atoms with Crippen LogP contribution in [0.25, 0.3) is 0 Å². The highest BCUT2D eigenvalue weighted by molar-refractivity contribution is 5.97. The lowest BCUT2D eigenvalue weighted by molar-refractivity contribution is 0.101. The predicted octanol–water partition coefficient (Wildman–Crippen LogP) is 2.62. The minimum absolute atomic E-state index is 0.0165. The second-order valence-electron chi connectivity index (χ2n) is 3.98. The van der Waals surface area contributed by atoms with Gasteiger partial charge in [-0.05, 0) is 51.0 Å². The van der Waals surface area contributed by atoms with E-state index in [1.165, 1.54) is 0 Å². The summed E-state index contributed by atoms with van der Waals surface area (Å²) in [5, 5.41) is 0. The lowest BCUT2D eigenvalue weighted by Gasteiger charge is -2.15. The van der Waals surface area contributed by atoms with Crippen molar-refractivity contribution >= 4 is 5.78 Å². The molecule has 0 bridgehead atoms. The van der Waals surface area contributed by atoms with Crippen LogP contribution in [0.15, 0.2) is 12.1 Å². The third kappa shape index (κ3) is 2.61. The molecule has 3 nitrogen and oxygen atoms in total. The zero-order chi connectivity index (χ0) is 12.3. The maximum atomic E-state index is 11.5. The van der Waals surface area contributed by atoms with Gasteiger partial charge < -0.3 is 10.5 Å². The van der Waals surface area contributed by atoms with Gasteiger partial charge in [-0.3, -0.25) is 4.79 Å². The number of aryl methyl sites for hydroxylation is 1. The predicted molar refractivity (Wildman–Crippen MR) is 65.0 cm³/mol. The van der Waals surface area contributed by atoms with Crippen LogP contribution in [0.1, 0.15) is 48.3 Å². The third-order valence-corrected chi connectivity index (χ3v) is 2.54. The second kappa shape index (κ2) is 5.12. The number of hydrogen-bond donors (Lipinski definition) is 1. The van der Waals surface area contributed by atoms with E-state index in [2.05, 4.69) is 0 Å². The molecule has 0 amide bonds. The number of nitrogens with two attached hydrogens (primary N) is 1. The Morgan fingerprint density at radius 3 is 2.56 bits per heavy atom. The molecule has 0 saturated heterocycles. The van der Waals surface area contributed by atoms with Gasteiger partial charge in [0.25, 0.3) is 0 Å². The fourth-order valence-electron chi connectivity index (χ4n) is 1.74. The van der Waals surface area contributed by atoms with E-state index < -0.39 is 0 Å². The quantitative estimate of drug-likeness (QED) is 0.795. The van der Waals surface area contributed by atoms with Crippen LogP contribution in [0.5, 0.6) is 5.75 Å². The Morgan fingerprint density at radius 2 is 2.12 bits per heavy atom. The number of ketones is 1. The maximum absolute atomic E-state index is 11.5. The van der Waals surface area contributed by atoms with Crippen molar-refractivity contribution in [2.24, 2.45) is 5.73 Å². The van der Waals surface area contributed by atoms with Crippen molar-refractivity contribution in [3.8, 4) is 5.75 Å². The molecule has 1 aromatic carbocycles. The molecule has 1 aromatic rings. The summed E-state index contributed by atoms with van der Waals surface area (Å²) in [4.78, 5) is 11.5. The standard InChI is InChI=1S/C13H19NO2/c1-5-16-13-7-11(9(3)14)8(2)6-12(13)10(4)15/h6-7,9H,5,14H2,1-4H3/t9-/m1/s1. The number of ether oxygens (including phenoxy) is 1. The number of carbonyl (C=O) groups is 1. The molecule has 1 atom stereocenters. The fraction of sp³-hybridized carbons (Fsp3) is 0.462. The van der Waals surface area contributed by atoms with Gasteiger partial charge in [-0.15, -0.1) is 0 Å². The van der Waals surface area contributed by atoms with E-state index in [1.54, 1.807) is 6.92 Å². The maximum Gasteiger partial charge on any atom is 0.163 e. The van der Waals surface area contributed by atoms with Crippen molar-refractivity contribution < 1.29 is 9.53 Å². The zero-order valence-corrected chi connectivity index (χ0v) is 10.3. The Bertz CT molecular complexity index is 397. The molecule has 0 aliphatic rings. The molecule has 0 unspecified atom stereocenters. The first-order valence-corrected chi connectivity index (χ1v) is 5.51. The van der Waals surface area contributed by atoms with Gasteiger partial charge >= 0.3 is 0 Å². The molecule has 2 N–H and O–H groups in total. The summed E-state index contributed by atoms with van der Waals surface area (Å²) in [6.07, 6.45) is 0. The van der Waals surface area contributed by atoms with Crippen molar-refractivity contribution in [3.05, 3.63) is 28.8 Å². The van der Waals surface area contributed by atoms with E-state index in [0.717, 1.165) is 11.1 Å². The summed E-state index contributed by atoms with van der Waals surface area (Å²) in [5.41, 5.74) is 8.55. The summed E-state index contributed by atoms with van der Waals surface area (Å²) in [5.74, 6) is 0.649. The van der Waals surface area contributed by atoms with Crippen molar-refractivity contribution in [1.29, 1.82) is 0 Å². The molecule has 0 aliphatic heterocycles. The van der Waals surface area contributed by atoms with Gasteiger partial charge in [0.2, 0.25) is 0 Å². The molecule has 0 heterocycles. The Morgan fingerprint density at radius 1 is 1.50 bits per heavy atom. The third-order valence-electron chi connectivity index (χ3n) is 2.54. The normalized spacial score (nSPS) is 12.3. The molecule has 0 radical (unpaired) electrons. The average Bonchev–Trinajstić information content (AvgIpc) is 2.19. The lowest BCUT2D eigenvalue weighted by Crippen LogP contribution is -2.10. The van der Waals surface area contributed by atoms with Crippen LogP contribution in [0.3, 0.4) is 0 Å².